The maximum absolute atomic E-state index is 13.4. The van der Waals surface area contributed by atoms with E-state index < -0.39 is 17.7 Å². The number of nitrogens with one attached hydrogen (secondary N) is 1. The molecule has 7 heteroatoms. The molecule has 0 aliphatic heterocycles. The molecule has 0 fully saturated rings. The number of rotatable bonds is 2. The molecule has 2 nitrogen and oxygen atoms in total. The number of aromatic nitrogens is 2. The smallest absolute Gasteiger partial charge is 0.338 e. The number of halogens is 5. The van der Waals surface area contributed by atoms with Gasteiger partial charge in [-0.05, 0) is 18.2 Å². The molecule has 1 N–H and O–H groups in total. The van der Waals surface area contributed by atoms with Crippen LogP contribution in [0.2, 0.25) is 0 Å². The standard InChI is InChI=1S/C15H9F5N2/c16-14(17,15(18,19)20)10-5-3-4-9(8-10)13-21-11-6-1-2-7-12(11)22-13/h1-8H,(H,21,22). The van der Waals surface area contributed by atoms with E-state index in [2.05, 4.69) is 9.97 Å². The van der Waals surface area contributed by atoms with Crippen molar-refractivity contribution in [2.45, 2.75) is 12.1 Å². The number of hydrogen-bond donors (Lipinski definition) is 1. The summed E-state index contributed by atoms with van der Waals surface area (Å²) >= 11 is 0. The lowest BCUT2D eigenvalue weighted by Gasteiger charge is -2.20. The number of aromatic amines is 1. The lowest BCUT2D eigenvalue weighted by atomic mass is 10.0. The molecule has 0 radical (unpaired) electrons. The van der Waals surface area contributed by atoms with E-state index in [9.17, 15) is 22.0 Å². The first-order valence-corrected chi connectivity index (χ1v) is 6.29. The van der Waals surface area contributed by atoms with Crippen molar-refractivity contribution in [1.29, 1.82) is 0 Å². The van der Waals surface area contributed by atoms with Gasteiger partial charge in [0, 0.05) is 11.1 Å². The Balaban J connectivity index is 2.08. The maximum Gasteiger partial charge on any atom is 0.458 e. The van der Waals surface area contributed by atoms with Crippen molar-refractivity contribution in [3.05, 3.63) is 54.1 Å². The monoisotopic (exact) mass is 312 g/mol. The topological polar surface area (TPSA) is 28.7 Å². The Morgan fingerprint density at radius 2 is 1.59 bits per heavy atom. The first-order valence-electron chi connectivity index (χ1n) is 6.29. The molecule has 3 rings (SSSR count). The van der Waals surface area contributed by atoms with Crippen molar-refractivity contribution in [3.8, 4) is 11.4 Å². The zero-order valence-electron chi connectivity index (χ0n) is 11.0. The summed E-state index contributed by atoms with van der Waals surface area (Å²) in [5.41, 5.74) is 0.326. The molecular formula is C15H9F5N2. The van der Waals surface area contributed by atoms with Crippen LogP contribution in [-0.4, -0.2) is 16.1 Å². The van der Waals surface area contributed by atoms with Gasteiger partial charge in [0.15, 0.2) is 0 Å². The third kappa shape index (κ3) is 2.32. The zero-order valence-corrected chi connectivity index (χ0v) is 11.0. The summed E-state index contributed by atoms with van der Waals surface area (Å²) in [6.45, 7) is 0. The van der Waals surface area contributed by atoms with E-state index >= 15 is 0 Å². The number of nitrogens with zero attached hydrogens (tertiary/aromatic N) is 1. The molecule has 3 aromatic rings. The molecular weight excluding hydrogens is 303 g/mol. The van der Waals surface area contributed by atoms with Crippen LogP contribution in [0.3, 0.4) is 0 Å². The van der Waals surface area contributed by atoms with Gasteiger partial charge in [0.05, 0.1) is 11.0 Å². The summed E-state index contributed by atoms with van der Waals surface area (Å²) in [6, 6.07) is 11.1. The maximum atomic E-state index is 13.4. The van der Waals surface area contributed by atoms with Crippen molar-refractivity contribution < 1.29 is 22.0 Å². The van der Waals surface area contributed by atoms with E-state index in [0.29, 0.717) is 11.0 Å². The molecule has 1 aromatic heterocycles. The summed E-state index contributed by atoms with van der Waals surface area (Å²) < 4.78 is 64.2. The Hall–Kier alpha value is -2.44. The van der Waals surface area contributed by atoms with Gasteiger partial charge in [-0.3, -0.25) is 0 Å². The van der Waals surface area contributed by atoms with Crippen LogP contribution >= 0.6 is 0 Å². The highest BCUT2D eigenvalue weighted by Gasteiger charge is 2.58. The Morgan fingerprint density at radius 1 is 0.864 bits per heavy atom. The first kappa shape index (κ1) is 14.5. The second kappa shape index (κ2) is 4.79. The third-order valence-corrected chi connectivity index (χ3v) is 3.24. The van der Waals surface area contributed by atoms with E-state index in [4.69, 9.17) is 0 Å². The highest BCUT2D eigenvalue weighted by Crippen LogP contribution is 2.44. The minimum atomic E-state index is -5.64. The third-order valence-electron chi connectivity index (χ3n) is 3.24. The van der Waals surface area contributed by atoms with Gasteiger partial charge in [0.1, 0.15) is 5.82 Å². The molecule has 0 aliphatic carbocycles. The van der Waals surface area contributed by atoms with Crippen LogP contribution in [0.5, 0.6) is 0 Å². The normalized spacial score (nSPS) is 12.8. The average molecular weight is 312 g/mol. The second-order valence-corrected chi connectivity index (χ2v) is 4.76. The number of hydrogen-bond acceptors (Lipinski definition) is 1. The molecule has 0 unspecified atom stereocenters. The number of para-hydroxylation sites is 2. The molecule has 0 aliphatic rings. The molecule has 114 valence electrons. The van der Waals surface area contributed by atoms with Gasteiger partial charge in [-0.15, -0.1) is 0 Å². The van der Waals surface area contributed by atoms with Gasteiger partial charge < -0.3 is 4.98 Å². The number of benzene rings is 2. The van der Waals surface area contributed by atoms with E-state index in [1.165, 1.54) is 6.07 Å². The quantitative estimate of drug-likeness (QED) is 0.671. The van der Waals surface area contributed by atoms with Crippen molar-refractivity contribution >= 4 is 11.0 Å². The minimum Gasteiger partial charge on any atom is -0.338 e. The van der Waals surface area contributed by atoms with E-state index in [1.807, 2.05) is 0 Å². The second-order valence-electron chi connectivity index (χ2n) is 4.76. The summed E-state index contributed by atoms with van der Waals surface area (Å²) in [7, 11) is 0. The van der Waals surface area contributed by atoms with Crippen LogP contribution in [0.4, 0.5) is 22.0 Å². The molecule has 0 saturated heterocycles. The number of imidazole rings is 1. The van der Waals surface area contributed by atoms with Gasteiger partial charge in [0.2, 0.25) is 0 Å². The van der Waals surface area contributed by atoms with Gasteiger partial charge in [0.25, 0.3) is 0 Å². The Kier molecular flexibility index (Phi) is 3.16. The molecule has 2 aromatic carbocycles. The van der Waals surface area contributed by atoms with Crippen molar-refractivity contribution in [2.24, 2.45) is 0 Å². The molecule has 0 atom stereocenters. The predicted molar refractivity (Wildman–Crippen MR) is 71.5 cm³/mol. The van der Waals surface area contributed by atoms with Crippen LogP contribution in [0.15, 0.2) is 48.5 Å². The fourth-order valence-electron chi connectivity index (χ4n) is 2.11. The molecule has 0 saturated carbocycles. The van der Waals surface area contributed by atoms with Crippen LogP contribution in [-0.2, 0) is 5.92 Å². The number of alkyl halides is 5. The average Bonchev–Trinajstić information content (AvgIpc) is 2.90. The largest absolute Gasteiger partial charge is 0.458 e. The summed E-state index contributed by atoms with van der Waals surface area (Å²) in [4.78, 5) is 7.08. The number of H-pyrrole nitrogens is 1. The lowest BCUT2D eigenvalue weighted by Crippen LogP contribution is -2.33. The molecule has 0 amide bonds. The van der Waals surface area contributed by atoms with Crippen molar-refractivity contribution in [3.63, 3.8) is 0 Å². The van der Waals surface area contributed by atoms with Crippen molar-refractivity contribution in [2.75, 3.05) is 0 Å². The van der Waals surface area contributed by atoms with Gasteiger partial charge in [-0.2, -0.15) is 22.0 Å². The molecule has 0 bridgehead atoms. The van der Waals surface area contributed by atoms with Crippen LogP contribution in [0, 0.1) is 0 Å². The summed E-state index contributed by atoms with van der Waals surface area (Å²) in [6.07, 6.45) is -5.64. The molecule has 22 heavy (non-hydrogen) atoms. The minimum absolute atomic E-state index is 0.164. The fraction of sp³-hybridized carbons (Fsp3) is 0.133. The fourth-order valence-corrected chi connectivity index (χ4v) is 2.11. The zero-order chi connectivity index (χ0) is 16.0. The van der Waals surface area contributed by atoms with E-state index in [0.717, 1.165) is 18.2 Å². The van der Waals surface area contributed by atoms with Gasteiger partial charge in [-0.25, -0.2) is 4.98 Å². The molecule has 1 heterocycles. The highest BCUT2D eigenvalue weighted by molar-refractivity contribution is 5.79. The SMILES string of the molecule is FC(F)(F)C(F)(F)c1cccc(-c2nc3ccccc3[nH]2)c1. The Labute approximate surface area is 121 Å². The predicted octanol–water partition coefficient (Wildman–Crippen LogP) is 4.88. The van der Waals surface area contributed by atoms with E-state index in [-0.39, 0.29) is 11.4 Å². The molecule has 0 spiro atoms. The van der Waals surface area contributed by atoms with E-state index in [1.54, 1.807) is 24.3 Å². The van der Waals surface area contributed by atoms with Gasteiger partial charge >= 0.3 is 12.1 Å². The Bertz CT molecular complexity index is 787. The first-order chi connectivity index (χ1) is 10.3. The van der Waals surface area contributed by atoms with Crippen LogP contribution < -0.4 is 0 Å². The summed E-state index contributed by atoms with van der Waals surface area (Å²) in [5, 5.41) is 0. The van der Waals surface area contributed by atoms with Crippen molar-refractivity contribution in [1.82, 2.24) is 9.97 Å². The van der Waals surface area contributed by atoms with Crippen LogP contribution in [0.1, 0.15) is 5.56 Å². The van der Waals surface area contributed by atoms with Gasteiger partial charge in [-0.1, -0.05) is 30.3 Å². The summed E-state index contributed by atoms with van der Waals surface area (Å²) in [5.74, 6) is -4.67. The highest BCUT2D eigenvalue weighted by atomic mass is 19.4. The Morgan fingerprint density at radius 3 is 2.27 bits per heavy atom. The lowest BCUT2D eigenvalue weighted by molar-refractivity contribution is -0.289. The van der Waals surface area contributed by atoms with Crippen LogP contribution in [0.25, 0.3) is 22.4 Å². The number of fused-ring (bicyclic) bond motifs is 1.